The van der Waals surface area contributed by atoms with E-state index in [2.05, 4.69) is 38.9 Å². The Hall–Kier alpha value is -1.56. The van der Waals surface area contributed by atoms with Crippen LogP contribution in [-0.4, -0.2) is 60.5 Å². The van der Waals surface area contributed by atoms with Crippen molar-refractivity contribution in [1.82, 2.24) is 20.1 Å². The van der Waals surface area contributed by atoms with Crippen molar-refractivity contribution in [3.63, 3.8) is 0 Å². The molecule has 2 aliphatic rings. The molecule has 1 aromatic heterocycles. The van der Waals surface area contributed by atoms with E-state index in [1.807, 2.05) is 20.9 Å². The smallest absolute Gasteiger partial charge is 0.208 e. The maximum atomic E-state index is 5.74. The average molecular weight is 390 g/mol. The second-order valence-electron chi connectivity index (χ2n) is 9.13. The van der Waals surface area contributed by atoms with E-state index in [1.54, 1.807) is 0 Å². The lowest BCUT2D eigenvalue weighted by atomic mass is 9.96. The molecule has 28 heavy (non-hydrogen) atoms. The Balaban J connectivity index is 1.38. The van der Waals surface area contributed by atoms with E-state index < -0.39 is 0 Å². The minimum atomic E-state index is 0.718. The van der Waals surface area contributed by atoms with E-state index in [1.165, 1.54) is 25.7 Å². The van der Waals surface area contributed by atoms with Crippen molar-refractivity contribution in [2.75, 3.05) is 39.8 Å². The normalized spacial score (nSPS) is 22.4. The number of aryl methyl sites for hydroxylation is 2. The highest BCUT2D eigenvalue weighted by Gasteiger charge is 2.26. The van der Waals surface area contributed by atoms with Gasteiger partial charge in [0, 0.05) is 26.7 Å². The lowest BCUT2D eigenvalue weighted by Crippen LogP contribution is -2.44. The molecular weight excluding hydrogens is 350 g/mol. The summed E-state index contributed by atoms with van der Waals surface area (Å²) in [5.41, 5.74) is 1.01. The molecule has 1 aromatic rings. The number of oxazole rings is 1. The lowest BCUT2D eigenvalue weighted by Gasteiger charge is -2.32. The summed E-state index contributed by atoms with van der Waals surface area (Å²) < 4.78 is 5.74. The number of aliphatic imine (C=N–C) groups is 1. The third-order valence-corrected chi connectivity index (χ3v) is 6.29. The second kappa shape index (κ2) is 9.77. The second-order valence-corrected chi connectivity index (χ2v) is 9.13. The van der Waals surface area contributed by atoms with Gasteiger partial charge in [-0.3, -0.25) is 9.89 Å². The molecule has 3 rings (SSSR count). The zero-order valence-electron chi connectivity index (χ0n) is 18.5. The molecule has 2 aliphatic heterocycles. The number of nitrogens with one attached hydrogen (secondary N) is 1. The highest BCUT2D eigenvalue weighted by molar-refractivity contribution is 5.80. The van der Waals surface area contributed by atoms with Crippen molar-refractivity contribution in [3.05, 3.63) is 17.3 Å². The van der Waals surface area contributed by atoms with Crippen molar-refractivity contribution in [1.29, 1.82) is 0 Å². The number of hydrogen-bond donors (Lipinski definition) is 1. The highest BCUT2D eigenvalue weighted by Crippen LogP contribution is 2.24. The van der Waals surface area contributed by atoms with Gasteiger partial charge in [-0.25, -0.2) is 4.98 Å². The molecule has 2 fully saturated rings. The molecule has 1 N–H and O–H groups in total. The highest BCUT2D eigenvalue weighted by atomic mass is 16.4. The Labute approximate surface area is 170 Å². The third-order valence-electron chi connectivity index (χ3n) is 6.29. The third kappa shape index (κ3) is 5.72. The number of guanidine groups is 1. The van der Waals surface area contributed by atoms with E-state index in [0.717, 1.165) is 80.3 Å². The zero-order valence-corrected chi connectivity index (χ0v) is 18.5. The first-order valence-corrected chi connectivity index (χ1v) is 11.1. The van der Waals surface area contributed by atoms with Gasteiger partial charge in [0.25, 0.3) is 0 Å². The molecular formula is C22H39N5O. The molecule has 158 valence electrons. The Morgan fingerprint density at radius 3 is 2.50 bits per heavy atom. The Kier molecular flexibility index (Phi) is 7.38. The Morgan fingerprint density at radius 2 is 1.89 bits per heavy atom. The average Bonchev–Trinajstić information content (AvgIpc) is 3.23. The van der Waals surface area contributed by atoms with Crippen LogP contribution in [0.2, 0.25) is 0 Å². The topological polar surface area (TPSA) is 56.9 Å². The van der Waals surface area contributed by atoms with E-state index in [4.69, 9.17) is 4.42 Å². The maximum Gasteiger partial charge on any atom is 0.208 e. The van der Waals surface area contributed by atoms with Gasteiger partial charge in [0.2, 0.25) is 5.89 Å². The van der Waals surface area contributed by atoms with Gasteiger partial charge in [-0.1, -0.05) is 13.8 Å². The summed E-state index contributed by atoms with van der Waals surface area (Å²) in [7, 11) is 1.92. The van der Waals surface area contributed by atoms with E-state index in [9.17, 15) is 0 Å². The van der Waals surface area contributed by atoms with Crippen LogP contribution in [0.25, 0.3) is 0 Å². The van der Waals surface area contributed by atoms with Crippen LogP contribution in [0.4, 0.5) is 0 Å². The van der Waals surface area contributed by atoms with Crippen LogP contribution in [-0.2, 0) is 6.54 Å². The minimum absolute atomic E-state index is 0.718. The largest absolute Gasteiger partial charge is 0.444 e. The minimum Gasteiger partial charge on any atom is -0.444 e. The van der Waals surface area contributed by atoms with E-state index in [0.29, 0.717) is 0 Å². The lowest BCUT2D eigenvalue weighted by molar-refractivity contribution is 0.163. The standard InChI is InChI=1S/C22H39N5O/c1-16(2)12-20-8-11-27(14-20)22(23-5)24-13-19-6-9-26(10-7-19)15-21-25-17(3)18(4)28-21/h16,19-20H,6-15H2,1-5H3,(H,23,24). The van der Waals surface area contributed by atoms with Crippen LogP contribution in [0, 0.1) is 31.6 Å². The first kappa shape index (κ1) is 21.2. The van der Waals surface area contributed by atoms with Crippen molar-refractivity contribution < 1.29 is 4.42 Å². The number of rotatable bonds is 6. The number of likely N-dealkylation sites (tertiary alicyclic amines) is 2. The van der Waals surface area contributed by atoms with Crippen LogP contribution < -0.4 is 5.32 Å². The molecule has 0 saturated carbocycles. The first-order valence-electron chi connectivity index (χ1n) is 11.1. The Morgan fingerprint density at radius 1 is 1.18 bits per heavy atom. The number of hydrogen-bond acceptors (Lipinski definition) is 4. The first-order chi connectivity index (χ1) is 13.4. The number of nitrogens with zero attached hydrogens (tertiary/aromatic N) is 4. The van der Waals surface area contributed by atoms with Crippen molar-refractivity contribution in [3.8, 4) is 0 Å². The molecule has 3 heterocycles. The fourth-order valence-corrected chi connectivity index (χ4v) is 4.60. The van der Waals surface area contributed by atoms with Crippen LogP contribution in [0.3, 0.4) is 0 Å². The number of aromatic nitrogens is 1. The molecule has 2 saturated heterocycles. The molecule has 6 heteroatoms. The quantitative estimate of drug-likeness (QED) is 0.597. The summed E-state index contributed by atoms with van der Waals surface area (Å²) in [6.45, 7) is 15.1. The van der Waals surface area contributed by atoms with Gasteiger partial charge in [0.1, 0.15) is 5.76 Å². The summed E-state index contributed by atoms with van der Waals surface area (Å²) in [6, 6.07) is 0. The van der Waals surface area contributed by atoms with Gasteiger partial charge in [-0.2, -0.15) is 0 Å². The van der Waals surface area contributed by atoms with Gasteiger partial charge in [0.15, 0.2) is 5.96 Å². The molecule has 6 nitrogen and oxygen atoms in total. The molecule has 0 aliphatic carbocycles. The summed E-state index contributed by atoms with van der Waals surface area (Å²) >= 11 is 0. The van der Waals surface area contributed by atoms with Crippen LogP contribution >= 0.6 is 0 Å². The van der Waals surface area contributed by atoms with Crippen LogP contribution in [0.5, 0.6) is 0 Å². The van der Waals surface area contributed by atoms with Gasteiger partial charge in [-0.05, 0) is 70.4 Å². The molecule has 0 spiro atoms. The van der Waals surface area contributed by atoms with Gasteiger partial charge in [0.05, 0.1) is 12.2 Å². The number of piperidine rings is 1. The monoisotopic (exact) mass is 389 g/mol. The predicted molar refractivity (Wildman–Crippen MR) is 114 cm³/mol. The van der Waals surface area contributed by atoms with Gasteiger partial charge >= 0.3 is 0 Å². The van der Waals surface area contributed by atoms with Gasteiger partial charge in [-0.15, -0.1) is 0 Å². The molecule has 0 radical (unpaired) electrons. The maximum absolute atomic E-state index is 5.74. The van der Waals surface area contributed by atoms with E-state index >= 15 is 0 Å². The summed E-state index contributed by atoms with van der Waals surface area (Å²) in [4.78, 5) is 14.0. The van der Waals surface area contributed by atoms with Crippen molar-refractivity contribution in [2.45, 2.75) is 59.9 Å². The van der Waals surface area contributed by atoms with Crippen LogP contribution in [0.1, 0.15) is 56.9 Å². The van der Waals surface area contributed by atoms with Crippen LogP contribution in [0.15, 0.2) is 9.41 Å². The molecule has 0 amide bonds. The fraction of sp³-hybridized carbons (Fsp3) is 0.818. The predicted octanol–water partition coefficient (Wildman–Crippen LogP) is 3.45. The summed E-state index contributed by atoms with van der Waals surface area (Å²) in [5, 5.41) is 3.66. The van der Waals surface area contributed by atoms with E-state index in [-0.39, 0.29) is 0 Å². The van der Waals surface area contributed by atoms with Gasteiger partial charge < -0.3 is 14.6 Å². The summed E-state index contributed by atoms with van der Waals surface area (Å²) in [6.07, 6.45) is 5.07. The Bertz CT molecular complexity index is 626. The van der Waals surface area contributed by atoms with Crippen molar-refractivity contribution in [2.24, 2.45) is 22.7 Å². The molecule has 1 atom stereocenters. The summed E-state index contributed by atoms with van der Waals surface area (Å²) in [5.74, 6) is 5.23. The van der Waals surface area contributed by atoms with Crippen molar-refractivity contribution >= 4 is 5.96 Å². The zero-order chi connectivity index (χ0) is 20.1. The SMILES string of the molecule is CN=C(NCC1CCN(Cc2nc(C)c(C)o2)CC1)N1CCC(CC(C)C)C1. The molecule has 0 aromatic carbocycles. The molecule has 1 unspecified atom stereocenters. The molecule has 0 bridgehead atoms. The fourth-order valence-electron chi connectivity index (χ4n) is 4.60.